The molecule has 1 saturated heterocycles. The van der Waals surface area contributed by atoms with Gasteiger partial charge in [0.25, 0.3) is 5.91 Å². The highest BCUT2D eigenvalue weighted by Crippen LogP contribution is 2.27. The van der Waals surface area contributed by atoms with Gasteiger partial charge in [-0.15, -0.1) is 0 Å². The lowest BCUT2D eigenvalue weighted by Gasteiger charge is -2.28. The minimum Gasteiger partial charge on any atom is -0.497 e. The van der Waals surface area contributed by atoms with Crippen molar-refractivity contribution >= 4 is 11.6 Å². The number of aromatic nitrogens is 3. The Labute approximate surface area is 170 Å². The summed E-state index contributed by atoms with van der Waals surface area (Å²) in [5.41, 5.74) is 4.08. The minimum atomic E-state index is -0.149. The third kappa shape index (κ3) is 3.96. The number of amides is 1. The van der Waals surface area contributed by atoms with Gasteiger partial charge >= 0.3 is 0 Å². The highest BCUT2D eigenvalue weighted by molar-refractivity contribution is 5.99. The largest absolute Gasteiger partial charge is 0.497 e. The van der Waals surface area contributed by atoms with Crippen molar-refractivity contribution in [3.05, 3.63) is 59.0 Å². The van der Waals surface area contributed by atoms with Crippen molar-refractivity contribution < 1.29 is 9.53 Å². The van der Waals surface area contributed by atoms with Crippen LogP contribution in [0, 0.1) is 13.8 Å². The van der Waals surface area contributed by atoms with Gasteiger partial charge in [-0.05, 0) is 63.5 Å². The van der Waals surface area contributed by atoms with E-state index in [4.69, 9.17) is 4.74 Å². The van der Waals surface area contributed by atoms with Crippen LogP contribution in [0.5, 0.6) is 5.75 Å². The van der Waals surface area contributed by atoms with Gasteiger partial charge in [-0.25, -0.2) is 9.50 Å². The summed E-state index contributed by atoms with van der Waals surface area (Å²) in [6, 6.07) is 10.2. The van der Waals surface area contributed by atoms with E-state index in [-0.39, 0.29) is 11.9 Å². The van der Waals surface area contributed by atoms with Crippen LogP contribution in [0.25, 0.3) is 5.65 Å². The van der Waals surface area contributed by atoms with Crippen LogP contribution < -0.4 is 10.1 Å². The number of aryl methyl sites for hydroxylation is 2. The maximum absolute atomic E-state index is 13.0. The van der Waals surface area contributed by atoms with Crippen molar-refractivity contribution in [1.82, 2.24) is 24.8 Å². The molecule has 3 heterocycles. The van der Waals surface area contributed by atoms with Crippen molar-refractivity contribution in [3.8, 4) is 5.75 Å². The van der Waals surface area contributed by atoms with Gasteiger partial charge in [0, 0.05) is 17.9 Å². The Kier molecular flexibility index (Phi) is 5.49. The molecule has 0 saturated carbocycles. The molecule has 152 valence electrons. The van der Waals surface area contributed by atoms with Gasteiger partial charge in [0.1, 0.15) is 11.3 Å². The summed E-state index contributed by atoms with van der Waals surface area (Å²) in [6.45, 7) is 6.48. The average molecular weight is 393 g/mol. The molecule has 1 aliphatic rings. The van der Waals surface area contributed by atoms with Crippen molar-refractivity contribution in [2.45, 2.75) is 32.7 Å². The van der Waals surface area contributed by atoms with Crippen molar-refractivity contribution in [3.63, 3.8) is 0 Å². The molecule has 2 aromatic heterocycles. The first-order valence-electron chi connectivity index (χ1n) is 10.0. The molecule has 1 atom stereocenters. The highest BCUT2D eigenvalue weighted by atomic mass is 16.5. The van der Waals surface area contributed by atoms with Crippen LogP contribution in [0.15, 0.2) is 36.5 Å². The van der Waals surface area contributed by atoms with E-state index in [1.807, 2.05) is 32.0 Å². The van der Waals surface area contributed by atoms with E-state index in [9.17, 15) is 4.79 Å². The van der Waals surface area contributed by atoms with Crippen LogP contribution in [0.3, 0.4) is 0 Å². The molecule has 0 spiro atoms. The van der Waals surface area contributed by atoms with E-state index < -0.39 is 0 Å². The summed E-state index contributed by atoms with van der Waals surface area (Å²) >= 11 is 0. The van der Waals surface area contributed by atoms with Gasteiger partial charge in [0.05, 0.1) is 19.3 Å². The summed E-state index contributed by atoms with van der Waals surface area (Å²) in [4.78, 5) is 19.9. The number of methoxy groups -OCH3 is 1. The van der Waals surface area contributed by atoms with Crippen LogP contribution in [0.4, 0.5) is 0 Å². The first-order chi connectivity index (χ1) is 14.1. The minimum absolute atomic E-state index is 0.106. The molecule has 1 fully saturated rings. The number of hydrogen-bond donors (Lipinski definition) is 1. The van der Waals surface area contributed by atoms with E-state index in [0.29, 0.717) is 17.8 Å². The van der Waals surface area contributed by atoms with Gasteiger partial charge in [-0.2, -0.15) is 5.10 Å². The molecule has 1 aromatic carbocycles. The number of rotatable bonds is 6. The number of hydrogen-bond acceptors (Lipinski definition) is 5. The smallest absolute Gasteiger partial charge is 0.256 e. The standard InChI is InChI=1S/C22H27N5O2/c1-15-11-16(2)27-21(25-15)19(13-24-27)22(28)23-14-20(26-9-4-5-10-26)17-7-6-8-18(12-17)29-3/h6-8,11-13,20H,4-5,9-10,14H2,1-3H3,(H,23,28)/t20-/m1/s1. The Balaban J connectivity index is 1.56. The third-order valence-electron chi connectivity index (χ3n) is 5.54. The maximum Gasteiger partial charge on any atom is 0.256 e. The fourth-order valence-corrected chi connectivity index (χ4v) is 4.08. The molecule has 4 rings (SSSR count). The molecule has 0 unspecified atom stereocenters. The predicted molar refractivity (Wildman–Crippen MR) is 111 cm³/mol. The normalized spacial score (nSPS) is 15.6. The zero-order valence-electron chi connectivity index (χ0n) is 17.2. The molecule has 1 amide bonds. The molecular formula is C22H27N5O2. The molecule has 0 aliphatic carbocycles. The highest BCUT2D eigenvalue weighted by Gasteiger charge is 2.25. The van der Waals surface area contributed by atoms with Gasteiger partial charge in [0.15, 0.2) is 5.65 Å². The molecule has 7 heteroatoms. The Hall–Kier alpha value is -2.93. The number of nitrogens with zero attached hydrogens (tertiary/aromatic N) is 4. The monoisotopic (exact) mass is 393 g/mol. The molecule has 1 aliphatic heterocycles. The first kappa shape index (κ1) is 19.4. The lowest BCUT2D eigenvalue weighted by atomic mass is 10.0. The number of carbonyl (C=O) groups is 1. The average Bonchev–Trinajstić information content (AvgIpc) is 3.38. The van der Waals surface area contributed by atoms with Gasteiger partial charge < -0.3 is 10.1 Å². The van der Waals surface area contributed by atoms with E-state index >= 15 is 0 Å². The Bertz CT molecular complexity index is 1020. The molecule has 0 bridgehead atoms. The number of carbonyl (C=O) groups excluding carboxylic acids is 1. The maximum atomic E-state index is 13.0. The molecule has 3 aromatic rings. The Morgan fingerprint density at radius 2 is 2.03 bits per heavy atom. The molecule has 29 heavy (non-hydrogen) atoms. The molecule has 0 radical (unpaired) electrons. The zero-order chi connectivity index (χ0) is 20.4. The van der Waals surface area contributed by atoms with E-state index in [0.717, 1.165) is 35.8 Å². The Morgan fingerprint density at radius 1 is 1.24 bits per heavy atom. The number of fused-ring (bicyclic) bond motifs is 1. The summed E-state index contributed by atoms with van der Waals surface area (Å²) in [5, 5.41) is 7.45. The summed E-state index contributed by atoms with van der Waals surface area (Å²) < 4.78 is 7.11. The first-order valence-corrected chi connectivity index (χ1v) is 10.0. The molecule has 1 N–H and O–H groups in total. The second-order valence-electron chi connectivity index (χ2n) is 7.58. The van der Waals surface area contributed by atoms with E-state index in [1.54, 1.807) is 17.8 Å². The second kappa shape index (κ2) is 8.21. The summed E-state index contributed by atoms with van der Waals surface area (Å²) in [7, 11) is 1.67. The quantitative estimate of drug-likeness (QED) is 0.697. The van der Waals surface area contributed by atoms with Gasteiger partial charge in [-0.1, -0.05) is 12.1 Å². The predicted octanol–water partition coefficient (Wildman–Crippen LogP) is 2.92. The van der Waals surface area contributed by atoms with Crippen LogP contribution in [-0.2, 0) is 0 Å². The number of nitrogens with one attached hydrogen (secondary N) is 1. The molecular weight excluding hydrogens is 366 g/mol. The van der Waals surface area contributed by atoms with Crippen LogP contribution in [-0.4, -0.2) is 52.1 Å². The lowest BCUT2D eigenvalue weighted by molar-refractivity contribution is 0.0939. The van der Waals surface area contributed by atoms with E-state index in [2.05, 4.69) is 32.4 Å². The second-order valence-corrected chi connectivity index (χ2v) is 7.58. The van der Waals surface area contributed by atoms with E-state index in [1.165, 1.54) is 12.8 Å². The fraction of sp³-hybridized carbons (Fsp3) is 0.409. The number of benzene rings is 1. The van der Waals surface area contributed by atoms with Crippen LogP contribution >= 0.6 is 0 Å². The van der Waals surface area contributed by atoms with Crippen molar-refractivity contribution in [1.29, 1.82) is 0 Å². The van der Waals surface area contributed by atoms with Crippen LogP contribution in [0.2, 0.25) is 0 Å². The zero-order valence-corrected chi connectivity index (χ0v) is 17.2. The summed E-state index contributed by atoms with van der Waals surface area (Å²) in [6.07, 6.45) is 3.97. The van der Waals surface area contributed by atoms with Crippen molar-refractivity contribution in [2.24, 2.45) is 0 Å². The Morgan fingerprint density at radius 3 is 2.79 bits per heavy atom. The number of likely N-dealkylation sites (tertiary alicyclic amines) is 1. The number of ether oxygens (including phenoxy) is 1. The summed E-state index contributed by atoms with van der Waals surface area (Å²) in [5.74, 6) is 0.681. The fourth-order valence-electron chi connectivity index (χ4n) is 4.08. The topological polar surface area (TPSA) is 71.8 Å². The third-order valence-corrected chi connectivity index (χ3v) is 5.54. The van der Waals surface area contributed by atoms with Crippen LogP contribution in [0.1, 0.15) is 46.2 Å². The SMILES string of the molecule is COc1cccc([C@@H](CNC(=O)c2cnn3c(C)cc(C)nc23)N2CCCC2)c1. The van der Waals surface area contributed by atoms with Gasteiger partial charge in [-0.3, -0.25) is 9.69 Å². The lowest BCUT2D eigenvalue weighted by Crippen LogP contribution is -2.36. The van der Waals surface area contributed by atoms with Crippen molar-refractivity contribution in [2.75, 3.05) is 26.7 Å². The van der Waals surface area contributed by atoms with Gasteiger partial charge in [0.2, 0.25) is 0 Å². The molecule has 7 nitrogen and oxygen atoms in total.